The second-order valence-electron chi connectivity index (χ2n) is 2.17. The van der Waals surface area contributed by atoms with E-state index in [1.54, 1.807) is 0 Å². The van der Waals surface area contributed by atoms with Gasteiger partial charge < -0.3 is 20.4 Å². The van der Waals surface area contributed by atoms with E-state index in [0.29, 0.717) is 0 Å². The average molecular weight is 214 g/mol. The lowest BCUT2D eigenvalue weighted by atomic mass is 10.5. The summed E-state index contributed by atoms with van der Waals surface area (Å²) in [5.74, 6) is 0. The molecule has 0 saturated heterocycles. The molecule has 74 valence electrons. The van der Waals surface area contributed by atoms with Crippen LogP contribution in [0, 0.1) is 0 Å². The van der Waals surface area contributed by atoms with Gasteiger partial charge in [-0.2, -0.15) is 0 Å². The first-order valence-electron chi connectivity index (χ1n) is 3.54. The normalized spacial score (nSPS) is 11.5. The fraction of sp³-hybridized carbons (Fsp3) is 1.00. The molecule has 0 radical (unpaired) electrons. The zero-order valence-electron chi connectivity index (χ0n) is 6.59. The molecule has 0 heterocycles. The van der Waals surface area contributed by atoms with E-state index in [9.17, 15) is 0 Å². The number of aliphatic hydroxyl groups excluding tert-OH is 4. The Balaban J connectivity index is 3.49. The number of aliphatic hydroxyl groups is 4. The second kappa shape index (κ2) is 8.15. The number of hydrogen-bond donors (Lipinski definition) is 4. The van der Waals surface area contributed by atoms with Crippen molar-refractivity contribution in [3.8, 4) is 0 Å². The second-order valence-corrected chi connectivity index (χ2v) is 5.04. The van der Waals surface area contributed by atoms with E-state index < -0.39 is 0 Å². The smallest absolute Gasteiger partial charge is 0.0614 e. The summed E-state index contributed by atoms with van der Waals surface area (Å²) in [5, 5.41) is 34.2. The van der Waals surface area contributed by atoms with E-state index in [2.05, 4.69) is 0 Å². The first-order valence-corrected chi connectivity index (χ1v) is 5.81. The first kappa shape index (κ1) is 12.5. The van der Waals surface area contributed by atoms with Crippen LogP contribution in [0.3, 0.4) is 0 Å². The molecule has 0 aliphatic carbocycles. The maximum Gasteiger partial charge on any atom is 0.0614 e. The topological polar surface area (TPSA) is 80.9 Å². The molecule has 0 aliphatic rings. The van der Waals surface area contributed by atoms with E-state index in [1.165, 1.54) is 21.6 Å². The van der Waals surface area contributed by atoms with E-state index in [0.717, 1.165) is 0 Å². The SMILES string of the molecule is OCC(CO)SSC(CO)CO. The minimum atomic E-state index is -0.240. The molecule has 4 N–H and O–H groups in total. The van der Waals surface area contributed by atoms with Crippen molar-refractivity contribution in [1.82, 2.24) is 0 Å². The molecule has 0 atom stereocenters. The Morgan fingerprint density at radius 1 is 0.667 bits per heavy atom. The van der Waals surface area contributed by atoms with Crippen LogP contribution in [-0.4, -0.2) is 57.4 Å². The molecule has 0 aromatic rings. The number of rotatable bonds is 7. The van der Waals surface area contributed by atoms with Crippen LogP contribution in [0.4, 0.5) is 0 Å². The highest BCUT2D eigenvalue weighted by atomic mass is 33.1. The maximum atomic E-state index is 8.67. The van der Waals surface area contributed by atoms with Gasteiger partial charge in [0.15, 0.2) is 0 Å². The van der Waals surface area contributed by atoms with E-state index in [4.69, 9.17) is 20.4 Å². The highest BCUT2D eigenvalue weighted by Gasteiger charge is 2.12. The molecular formula is C6H14O4S2. The molecule has 6 heteroatoms. The molecule has 0 amide bonds. The van der Waals surface area contributed by atoms with Crippen LogP contribution in [-0.2, 0) is 0 Å². The highest BCUT2D eigenvalue weighted by molar-refractivity contribution is 8.77. The standard InChI is InChI=1S/C6H14O4S2/c7-1-5(2-8)11-12-6(3-9)4-10/h5-10H,1-4H2. The monoisotopic (exact) mass is 214 g/mol. The van der Waals surface area contributed by atoms with Crippen molar-refractivity contribution < 1.29 is 20.4 Å². The average Bonchev–Trinajstić information content (AvgIpc) is 2.13. The molecule has 0 aromatic carbocycles. The predicted octanol–water partition coefficient (Wildman–Crippen LogP) is -0.926. The molecular weight excluding hydrogens is 200 g/mol. The largest absolute Gasteiger partial charge is 0.395 e. The van der Waals surface area contributed by atoms with Crippen molar-refractivity contribution in [2.75, 3.05) is 26.4 Å². The van der Waals surface area contributed by atoms with Crippen molar-refractivity contribution in [2.24, 2.45) is 0 Å². The van der Waals surface area contributed by atoms with E-state index in [-0.39, 0.29) is 36.9 Å². The molecule has 0 rings (SSSR count). The van der Waals surface area contributed by atoms with Gasteiger partial charge in [-0.05, 0) is 0 Å². The lowest BCUT2D eigenvalue weighted by Gasteiger charge is -2.13. The number of hydrogen-bond acceptors (Lipinski definition) is 6. The fourth-order valence-corrected chi connectivity index (χ4v) is 2.63. The Kier molecular flexibility index (Phi) is 8.52. The van der Waals surface area contributed by atoms with Crippen LogP contribution in [0.5, 0.6) is 0 Å². The quantitative estimate of drug-likeness (QED) is 0.410. The molecule has 0 aromatic heterocycles. The van der Waals surface area contributed by atoms with Crippen molar-refractivity contribution in [3.63, 3.8) is 0 Å². The third-order valence-corrected chi connectivity index (χ3v) is 4.36. The molecule has 0 fully saturated rings. The lowest BCUT2D eigenvalue weighted by molar-refractivity contribution is 0.227. The zero-order chi connectivity index (χ0) is 9.40. The molecule has 0 saturated carbocycles. The Bertz CT molecular complexity index is 83.5. The summed E-state index contributed by atoms with van der Waals surface area (Å²) in [4.78, 5) is 0. The van der Waals surface area contributed by atoms with E-state index >= 15 is 0 Å². The third kappa shape index (κ3) is 5.23. The van der Waals surface area contributed by atoms with Crippen LogP contribution in [0.15, 0.2) is 0 Å². The molecule has 4 nitrogen and oxygen atoms in total. The summed E-state index contributed by atoms with van der Waals surface area (Å²) in [5.41, 5.74) is 0. The molecule has 12 heavy (non-hydrogen) atoms. The Morgan fingerprint density at radius 2 is 0.917 bits per heavy atom. The van der Waals surface area contributed by atoms with Crippen LogP contribution >= 0.6 is 21.6 Å². The highest BCUT2D eigenvalue weighted by Crippen LogP contribution is 2.30. The first-order chi connectivity index (χ1) is 5.78. The predicted molar refractivity (Wildman–Crippen MR) is 51.1 cm³/mol. The summed E-state index contributed by atoms with van der Waals surface area (Å²) in [7, 11) is 2.55. The molecule has 0 spiro atoms. The van der Waals surface area contributed by atoms with Gasteiger partial charge in [-0.25, -0.2) is 0 Å². The van der Waals surface area contributed by atoms with Crippen molar-refractivity contribution >= 4 is 21.6 Å². The minimum Gasteiger partial charge on any atom is -0.395 e. The van der Waals surface area contributed by atoms with Crippen LogP contribution < -0.4 is 0 Å². The van der Waals surface area contributed by atoms with Crippen molar-refractivity contribution in [2.45, 2.75) is 10.5 Å². The molecule has 0 aliphatic heterocycles. The lowest BCUT2D eigenvalue weighted by Crippen LogP contribution is -2.16. The minimum absolute atomic E-state index is 0.0995. The van der Waals surface area contributed by atoms with Gasteiger partial charge in [0.2, 0.25) is 0 Å². The van der Waals surface area contributed by atoms with Crippen LogP contribution in [0.25, 0.3) is 0 Å². The third-order valence-electron chi connectivity index (χ3n) is 1.14. The summed E-state index contributed by atoms with van der Waals surface area (Å²) >= 11 is 0. The van der Waals surface area contributed by atoms with Gasteiger partial charge in [0.05, 0.1) is 36.9 Å². The fourth-order valence-electron chi connectivity index (χ4n) is 0.394. The van der Waals surface area contributed by atoms with Crippen LogP contribution in [0.2, 0.25) is 0 Å². The van der Waals surface area contributed by atoms with Crippen molar-refractivity contribution in [1.29, 1.82) is 0 Å². The van der Waals surface area contributed by atoms with Gasteiger partial charge in [0, 0.05) is 0 Å². The van der Waals surface area contributed by atoms with Crippen LogP contribution in [0.1, 0.15) is 0 Å². The summed E-state index contributed by atoms with van der Waals surface area (Å²) < 4.78 is 0. The van der Waals surface area contributed by atoms with Gasteiger partial charge in [-0.15, -0.1) is 0 Å². The van der Waals surface area contributed by atoms with E-state index in [1.807, 2.05) is 0 Å². The Hall–Kier alpha value is 0.540. The maximum absolute atomic E-state index is 8.67. The Labute approximate surface area is 79.4 Å². The van der Waals surface area contributed by atoms with Gasteiger partial charge in [-0.3, -0.25) is 0 Å². The Morgan fingerprint density at radius 3 is 1.08 bits per heavy atom. The van der Waals surface area contributed by atoms with Gasteiger partial charge in [0.1, 0.15) is 0 Å². The summed E-state index contributed by atoms with van der Waals surface area (Å²) in [6, 6.07) is 0. The zero-order valence-corrected chi connectivity index (χ0v) is 8.22. The molecule has 0 bridgehead atoms. The van der Waals surface area contributed by atoms with Gasteiger partial charge in [0.25, 0.3) is 0 Å². The molecule has 0 unspecified atom stereocenters. The summed E-state index contributed by atoms with van der Waals surface area (Å²) in [6.07, 6.45) is 0. The van der Waals surface area contributed by atoms with Gasteiger partial charge >= 0.3 is 0 Å². The van der Waals surface area contributed by atoms with Gasteiger partial charge in [-0.1, -0.05) is 21.6 Å². The van der Waals surface area contributed by atoms with Crippen molar-refractivity contribution in [3.05, 3.63) is 0 Å². The summed E-state index contributed by atoms with van der Waals surface area (Å²) in [6.45, 7) is -0.398.